The Kier molecular flexibility index (Phi) is 3.94. The minimum absolute atomic E-state index is 0.0633. The second kappa shape index (κ2) is 5.64. The lowest BCUT2D eigenvalue weighted by Gasteiger charge is -2.04. The summed E-state index contributed by atoms with van der Waals surface area (Å²) in [4.78, 5) is 16.9. The Morgan fingerprint density at radius 3 is 3.00 bits per heavy atom. The van der Waals surface area contributed by atoms with Crippen molar-refractivity contribution in [3.8, 4) is 5.75 Å². The number of phenols is 1. The molecule has 1 aromatic carbocycles. The van der Waals surface area contributed by atoms with Crippen LogP contribution in [0.3, 0.4) is 0 Å². The Hall–Kier alpha value is -1.88. The standard InChI is InChI=1S/C13H14N2O2S/c1-9-14-7-12(18-9)8-15-13(17)6-10-3-2-4-11(16)5-10/h2-5,7,16H,6,8H2,1H3,(H,15,17). The molecule has 0 saturated heterocycles. The van der Waals surface area contributed by atoms with Gasteiger partial charge in [-0.15, -0.1) is 11.3 Å². The molecular weight excluding hydrogens is 248 g/mol. The van der Waals surface area contributed by atoms with Gasteiger partial charge >= 0.3 is 0 Å². The Labute approximate surface area is 109 Å². The first-order valence-corrected chi connectivity index (χ1v) is 6.41. The predicted molar refractivity (Wildman–Crippen MR) is 70.5 cm³/mol. The van der Waals surface area contributed by atoms with Gasteiger partial charge in [-0.05, 0) is 24.6 Å². The lowest BCUT2D eigenvalue weighted by molar-refractivity contribution is -0.120. The van der Waals surface area contributed by atoms with E-state index in [1.165, 1.54) is 0 Å². The van der Waals surface area contributed by atoms with Crippen LogP contribution in [0.25, 0.3) is 0 Å². The molecule has 0 saturated carbocycles. The largest absolute Gasteiger partial charge is 0.508 e. The van der Waals surface area contributed by atoms with E-state index >= 15 is 0 Å². The normalized spacial score (nSPS) is 10.3. The molecule has 1 aromatic heterocycles. The zero-order valence-corrected chi connectivity index (χ0v) is 10.8. The number of aromatic nitrogens is 1. The van der Waals surface area contributed by atoms with Crippen molar-refractivity contribution in [3.05, 3.63) is 45.9 Å². The zero-order chi connectivity index (χ0) is 13.0. The number of carbonyl (C=O) groups is 1. The van der Waals surface area contributed by atoms with Gasteiger partial charge in [-0.2, -0.15) is 0 Å². The number of carbonyl (C=O) groups excluding carboxylic acids is 1. The van der Waals surface area contributed by atoms with Gasteiger partial charge in [0.1, 0.15) is 5.75 Å². The number of nitrogens with zero attached hydrogens (tertiary/aromatic N) is 1. The molecule has 1 amide bonds. The van der Waals surface area contributed by atoms with Crippen molar-refractivity contribution in [2.45, 2.75) is 19.9 Å². The third-order valence-electron chi connectivity index (χ3n) is 2.40. The van der Waals surface area contributed by atoms with Crippen molar-refractivity contribution in [2.24, 2.45) is 0 Å². The second-order valence-corrected chi connectivity index (χ2v) is 5.29. The summed E-state index contributed by atoms with van der Waals surface area (Å²) in [5, 5.41) is 13.1. The van der Waals surface area contributed by atoms with E-state index in [4.69, 9.17) is 0 Å². The van der Waals surface area contributed by atoms with Crippen LogP contribution >= 0.6 is 11.3 Å². The maximum atomic E-state index is 11.7. The highest BCUT2D eigenvalue weighted by Crippen LogP contribution is 2.12. The van der Waals surface area contributed by atoms with E-state index in [0.29, 0.717) is 6.54 Å². The lowest BCUT2D eigenvalue weighted by atomic mass is 10.1. The van der Waals surface area contributed by atoms with Gasteiger partial charge in [-0.1, -0.05) is 12.1 Å². The van der Waals surface area contributed by atoms with E-state index < -0.39 is 0 Å². The van der Waals surface area contributed by atoms with Crippen LogP contribution in [-0.4, -0.2) is 16.0 Å². The summed E-state index contributed by atoms with van der Waals surface area (Å²) in [6.45, 7) is 2.44. The Balaban J connectivity index is 1.85. The Morgan fingerprint density at radius 1 is 1.50 bits per heavy atom. The van der Waals surface area contributed by atoms with E-state index in [1.807, 2.05) is 13.0 Å². The highest BCUT2D eigenvalue weighted by molar-refractivity contribution is 7.11. The molecule has 94 valence electrons. The minimum atomic E-state index is -0.0633. The molecular formula is C13H14N2O2S. The molecule has 2 rings (SSSR count). The second-order valence-electron chi connectivity index (χ2n) is 3.97. The van der Waals surface area contributed by atoms with Crippen LogP contribution in [0.15, 0.2) is 30.5 Å². The molecule has 0 aliphatic heterocycles. The lowest BCUT2D eigenvalue weighted by Crippen LogP contribution is -2.24. The molecule has 0 fully saturated rings. The van der Waals surface area contributed by atoms with Crippen molar-refractivity contribution in [1.82, 2.24) is 10.3 Å². The number of phenolic OH excluding ortho intramolecular Hbond substituents is 1. The third-order valence-corrected chi connectivity index (χ3v) is 3.32. The smallest absolute Gasteiger partial charge is 0.224 e. The highest BCUT2D eigenvalue weighted by Gasteiger charge is 2.05. The number of aromatic hydroxyl groups is 1. The molecule has 0 aliphatic carbocycles. The molecule has 18 heavy (non-hydrogen) atoms. The van der Waals surface area contributed by atoms with Crippen molar-refractivity contribution < 1.29 is 9.90 Å². The van der Waals surface area contributed by atoms with Crippen LogP contribution in [0, 0.1) is 6.92 Å². The summed E-state index contributed by atoms with van der Waals surface area (Å²) >= 11 is 1.57. The van der Waals surface area contributed by atoms with Crippen LogP contribution in [0.4, 0.5) is 0 Å². The average Bonchev–Trinajstić information content (AvgIpc) is 2.73. The molecule has 0 spiro atoms. The molecule has 0 unspecified atom stereocenters. The van der Waals surface area contributed by atoms with Gasteiger partial charge in [0.25, 0.3) is 0 Å². The van der Waals surface area contributed by atoms with Gasteiger partial charge in [-0.25, -0.2) is 4.98 Å². The summed E-state index contributed by atoms with van der Waals surface area (Å²) < 4.78 is 0. The van der Waals surface area contributed by atoms with Crippen molar-refractivity contribution in [1.29, 1.82) is 0 Å². The molecule has 5 heteroatoms. The molecule has 2 N–H and O–H groups in total. The van der Waals surface area contributed by atoms with Crippen molar-refractivity contribution >= 4 is 17.2 Å². The zero-order valence-electron chi connectivity index (χ0n) is 10.0. The third kappa shape index (κ3) is 3.56. The summed E-state index contributed by atoms with van der Waals surface area (Å²) in [5.74, 6) is 0.116. The number of hydrogen-bond acceptors (Lipinski definition) is 4. The first-order valence-electron chi connectivity index (χ1n) is 5.59. The number of rotatable bonds is 4. The molecule has 4 nitrogen and oxygen atoms in total. The molecule has 0 atom stereocenters. The van der Waals surface area contributed by atoms with Gasteiger partial charge in [-0.3, -0.25) is 4.79 Å². The van der Waals surface area contributed by atoms with Gasteiger partial charge in [0.2, 0.25) is 5.91 Å². The molecule has 2 aromatic rings. The van der Waals surface area contributed by atoms with E-state index in [9.17, 15) is 9.90 Å². The molecule has 0 radical (unpaired) electrons. The van der Waals surface area contributed by atoms with Crippen LogP contribution in [0.1, 0.15) is 15.4 Å². The number of aryl methyl sites for hydroxylation is 1. The fourth-order valence-corrected chi connectivity index (χ4v) is 2.32. The minimum Gasteiger partial charge on any atom is -0.508 e. The van der Waals surface area contributed by atoms with Crippen LogP contribution in [0.2, 0.25) is 0 Å². The fraction of sp³-hybridized carbons (Fsp3) is 0.231. The number of amides is 1. The first-order chi connectivity index (χ1) is 8.63. The molecule has 0 aliphatic rings. The topological polar surface area (TPSA) is 62.2 Å². The van der Waals surface area contributed by atoms with Gasteiger partial charge < -0.3 is 10.4 Å². The summed E-state index contributed by atoms with van der Waals surface area (Å²) in [5.41, 5.74) is 0.799. The fourth-order valence-electron chi connectivity index (χ4n) is 1.59. The number of benzene rings is 1. The van der Waals surface area contributed by atoms with Gasteiger partial charge in [0, 0.05) is 11.1 Å². The maximum absolute atomic E-state index is 11.7. The number of nitrogens with one attached hydrogen (secondary N) is 1. The van der Waals surface area contributed by atoms with Crippen LogP contribution in [0.5, 0.6) is 5.75 Å². The van der Waals surface area contributed by atoms with Gasteiger partial charge in [0.05, 0.1) is 18.0 Å². The first kappa shape index (κ1) is 12.6. The number of hydrogen-bond donors (Lipinski definition) is 2. The van der Waals surface area contributed by atoms with E-state index in [-0.39, 0.29) is 18.1 Å². The summed E-state index contributed by atoms with van der Waals surface area (Å²) in [6.07, 6.45) is 2.04. The monoisotopic (exact) mass is 262 g/mol. The van der Waals surface area contributed by atoms with Gasteiger partial charge in [0.15, 0.2) is 0 Å². The maximum Gasteiger partial charge on any atom is 0.224 e. The summed E-state index contributed by atoms with van der Waals surface area (Å²) in [6, 6.07) is 6.72. The van der Waals surface area contributed by atoms with E-state index in [2.05, 4.69) is 10.3 Å². The van der Waals surface area contributed by atoms with Crippen LogP contribution in [-0.2, 0) is 17.8 Å². The molecule has 0 bridgehead atoms. The van der Waals surface area contributed by atoms with E-state index in [1.54, 1.807) is 35.7 Å². The Morgan fingerprint density at radius 2 is 2.33 bits per heavy atom. The quantitative estimate of drug-likeness (QED) is 0.886. The van der Waals surface area contributed by atoms with Crippen molar-refractivity contribution in [3.63, 3.8) is 0 Å². The highest BCUT2D eigenvalue weighted by atomic mass is 32.1. The summed E-state index contributed by atoms with van der Waals surface area (Å²) in [7, 11) is 0. The molecule has 1 heterocycles. The SMILES string of the molecule is Cc1ncc(CNC(=O)Cc2cccc(O)c2)s1. The Bertz CT molecular complexity index is 551. The van der Waals surface area contributed by atoms with E-state index in [0.717, 1.165) is 15.4 Å². The average molecular weight is 262 g/mol. The predicted octanol–water partition coefficient (Wildman–Crippen LogP) is 2.02. The van der Waals surface area contributed by atoms with Crippen LogP contribution < -0.4 is 5.32 Å². The van der Waals surface area contributed by atoms with Crippen molar-refractivity contribution in [2.75, 3.05) is 0 Å². The number of thiazole rings is 1.